The van der Waals surface area contributed by atoms with E-state index < -0.39 is 0 Å². The summed E-state index contributed by atoms with van der Waals surface area (Å²) in [5.41, 5.74) is 2.87. The molecule has 1 unspecified atom stereocenters. The summed E-state index contributed by atoms with van der Waals surface area (Å²) >= 11 is 8.06. The predicted molar refractivity (Wildman–Crippen MR) is 69.7 cm³/mol. The van der Waals surface area contributed by atoms with Gasteiger partial charge < -0.3 is 0 Å². The van der Waals surface area contributed by atoms with Crippen LogP contribution in [0.5, 0.6) is 0 Å². The van der Waals surface area contributed by atoms with Crippen LogP contribution in [-0.4, -0.2) is 25.6 Å². The Kier molecular flexibility index (Phi) is 2.75. The number of thioether (sulfide) groups is 1. The fraction of sp³-hybridized carbons (Fsp3) is 0.545. The molecule has 2 aromatic heterocycles. The van der Waals surface area contributed by atoms with Gasteiger partial charge in [0.05, 0.1) is 5.25 Å². The average molecular weight is 269 g/mol. The van der Waals surface area contributed by atoms with Gasteiger partial charge in [0.1, 0.15) is 0 Å². The van der Waals surface area contributed by atoms with E-state index in [9.17, 15) is 0 Å². The number of aromatic nitrogens is 4. The lowest BCUT2D eigenvalue weighted by molar-refractivity contribution is 0.734. The van der Waals surface area contributed by atoms with E-state index in [4.69, 9.17) is 11.6 Å². The van der Waals surface area contributed by atoms with E-state index in [-0.39, 0.29) is 0 Å². The average Bonchev–Trinajstić information content (AvgIpc) is 2.93. The highest BCUT2D eigenvalue weighted by Gasteiger charge is 2.24. The van der Waals surface area contributed by atoms with Gasteiger partial charge in [0.2, 0.25) is 0 Å². The van der Waals surface area contributed by atoms with E-state index in [2.05, 4.69) is 15.3 Å². The molecule has 0 amide bonds. The van der Waals surface area contributed by atoms with Gasteiger partial charge in [-0.2, -0.15) is 21.4 Å². The first kappa shape index (κ1) is 11.3. The van der Waals surface area contributed by atoms with Gasteiger partial charge in [-0.1, -0.05) is 11.6 Å². The first-order valence-electron chi connectivity index (χ1n) is 5.68. The highest BCUT2D eigenvalue weighted by Crippen LogP contribution is 2.39. The zero-order valence-corrected chi connectivity index (χ0v) is 11.3. The molecular formula is C11H13ClN4S. The summed E-state index contributed by atoms with van der Waals surface area (Å²) in [4.78, 5) is 0. The summed E-state index contributed by atoms with van der Waals surface area (Å²) in [5.74, 6) is 2.13. The summed E-state index contributed by atoms with van der Waals surface area (Å²) < 4.78 is 1.81. The Morgan fingerprint density at radius 3 is 2.82 bits per heavy atom. The normalized spacial score (nSPS) is 20.3. The molecule has 0 saturated carbocycles. The third-order valence-electron chi connectivity index (χ3n) is 3.28. The second-order valence-corrected chi connectivity index (χ2v) is 6.00. The first-order chi connectivity index (χ1) is 8.18. The number of rotatable bonds is 1. The minimum atomic E-state index is 0.413. The molecule has 0 radical (unpaired) electrons. The SMILES string of the molecule is Cc1c(Cl)nn2c(C3CCCS3)nnc2c1C. The van der Waals surface area contributed by atoms with Gasteiger partial charge in [-0.3, -0.25) is 0 Å². The van der Waals surface area contributed by atoms with Crippen LogP contribution in [0.25, 0.3) is 5.65 Å². The van der Waals surface area contributed by atoms with Crippen LogP contribution in [0.3, 0.4) is 0 Å². The molecule has 17 heavy (non-hydrogen) atoms. The molecule has 1 saturated heterocycles. The molecule has 0 aromatic carbocycles. The highest BCUT2D eigenvalue weighted by molar-refractivity contribution is 7.99. The molecule has 4 nitrogen and oxygen atoms in total. The smallest absolute Gasteiger partial charge is 0.181 e. The van der Waals surface area contributed by atoms with Crippen molar-refractivity contribution < 1.29 is 0 Å². The maximum Gasteiger partial charge on any atom is 0.181 e. The first-order valence-corrected chi connectivity index (χ1v) is 7.11. The van der Waals surface area contributed by atoms with Gasteiger partial charge >= 0.3 is 0 Å². The molecule has 0 spiro atoms. The van der Waals surface area contributed by atoms with Gasteiger partial charge in [-0.25, -0.2) is 0 Å². The lowest BCUT2D eigenvalue weighted by atomic mass is 10.2. The lowest BCUT2D eigenvalue weighted by Crippen LogP contribution is -2.04. The molecule has 3 rings (SSSR count). The van der Waals surface area contributed by atoms with Crippen molar-refractivity contribution in [1.82, 2.24) is 19.8 Å². The number of aryl methyl sites for hydroxylation is 1. The van der Waals surface area contributed by atoms with Crippen LogP contribution in [0.2, 0.25) is 5.15 Å². The molecule has 0 aliphatic carbocycles. The summed E-state index contributed by atoms with van der Waals surface area (Å²) in [6, 6.07) is 0. The van der Waals surface area contributed by atoms with Crippen molar-refractivity contribution in [1.29, 1.82) is 0 Å². The molecule has 90 valence electrons. The predicted octanol–water partition coefficient (Wildman–Crippen LogP) is 2.96. The van der Waals surface area contributed by atoms with Crippen molar-refractivity contribution in [2.75, 3.05) is 5.75 Å². The molecule has 0 bridgehead atoms. The van der Waals surface area contributed by atoms with Crippen molar-refractivity contribution in [3.8, 4) is 0 Å². The Hall–Kier alpha value is -0.810. The Labute approximate surface area is 109 Å². The van der Waals surface area contributed by atoms with Crippen LogP contribution in [0.15, 0.2) is 0 Å². The third kappa shape index (κ3) is 1.72. The summed E-state index contributed by atoms with van der Waals surface area (Å²) in [5, 5.41) is 13.9. The van der Waals surface area contributed by atoms with Crippen molar-refractivity contribution in [2.24, 2.45) is 0 Å². The number of nitrogens with zero attached hydrogens (tertiary/aromatic N) is 4. The molecule has 6 heteroatoms. The van der Waals surface area contributed by atoms with E-state index in [0.29, 0.717) is 10.4 Å². The summed E-state index contributed by atoms with van der Waals surface area (Å²) in [6.45, 7) is 3.97. The van der Waals surface area contributed by atoms with Crippen LogP contribution in [0.1, 0.15) is 35.0 Å². The minimum absolute atomic E-state index is 0.413. The second-order valence-electron chi connectivity index (χ2n) is 4.34. The van der Waals surface area contributed by atoms with Gasteiger partial charge in [0.15, 0.2) is 16.6 Å². The molecular weight excluding hydrogens is 256 g/mol. The fourth-order valence-corrected chi connectivity index (χ4v) is 3.56. The Balaban J connectivity index is 2.21. The Morgan fingerprint density at radius 1 is 1.29 bits per heavy atom. The highest BCUT2D eigenvalue weighted by atomic mass is 35.5. The van der Waals surface area contributed by atoms with Gasteiger partial charge in [0.25, 0.3) is 0 Å². The van der Waals surface area contributed by atoms with Gasteiger partial charge in [-0.05, 0) is 38.0 Å². The van der Waals surface area contributed by atoms with Crippen LogP contribution >= 0.6 is 23.4 Å². The van der Waals surface area contributed by atoms with Crippen molar-refractivity contribution in [2.45, 2.75) is 31.9 Å². The minimum Gasteiger partial charge on any atom is -0.194 e. The standard InChI is InChI=1S/C11H13ClN4S/c1-6-7(2)10-13-14-11(8-4-3-5-17-8)16(10)15-9(6)12/h8H,3-5H2,1-2H3. The van der Waals surface area contributed by atoms with Crippen molar-refractivity contribution >= 4 is 29.0 Å². The molecule has 2 aromatic rings. The van der Waals surface area contributed by atoms with E-state index in [1.54, 1.807) is 0 Å². The number of hydrogen-bond donors (Lipinski definition) is 0. The van der Waals surface area contributed by atoms with Crippen molar-refractivity contribution in [3.63, 3.8) is 0 Å². The molecule has 1 aliphatic heterocycles. The zero-order valence-electron chi connectivity index (χ0n) is 9.77. The maximum absolute atomic E-state index is 6.13. The second kappa shape index (κ2) is 4.14. The zero-order chi connectivity index (χ0) is 12.0. The molecule has 1 aliphatic rings. The van der Waals surface area contributed by atoms with Crippen LogP contribution < -0.4 is 0 Å². The molecule has 1 fully saturated rings. The number of hydrogen-bond acceptors (Lipinski definition) is 4. The molecule has 3 heterocycles. The third-order valence-corrected chi connectivity index (χ3v) is 5.01. The topological polar surface area (TPSA) is 43.1 Å². The van der Waals surface area contributed by atoms with Crippen LogP contribution in [0.4, 0.5) is 0 Å². The van der Waals surface area contributed by atoms with Gasteiger partial charge in [-0.15, -0.1) is 10.2 Å². The van der Waals surface area contributed by atoms with E-state index in [1.807, 2.05) is 30.1 Å². The summed E-state index contributed by atoms with van der Waals surface area (Å²) in [6.07, 6.45) is 2.39. The molecule has 1 atom stereocenters. The van der Waals surface area contributed by atoms with E-state index in [1.165, 1.54) is 12.2 Å². The number of halogens is 1. The van der Waals surface area contributed by atoms with Gasteiger partial charge in [0, 0.05) is 5.56 Å². The largest absolute Gasteiger partial charge is 0.194 e. The van der Waals surface area contributed by atoms with E-state index >= 15 is 0 Å². The van der Waals surface area contributed by atoms with E-state index in [0.717, 1.165) is 29.0 Å². The summed E-state index contributed by atoms with van der Waals surface area (Å²) in [7, 11) is 0. The number of fused-ring (bicyclic) bond motifs is 1. The van der Waals surface area contributed by atoms with Crippen LogP contribution in [0, 0.1) is 13.8 Å². The maximum atomic E-state index is 6.13. The Morgan fingerprint density at radius 2 is 2.12 bits per heavy atom. The lowest BCUT2D eigenvalue weighted by Gasteiger charge is -2.07. The van der Waals surface area contributed by atoms with Crippen LogP contribution in [-0.2, 0) is 0 Å². The fourth-order valence-electron chi connectivity index (χ4n) is 2.09. The monoisotopic (exact) mass is 268 g/mol. The van der Waals surface area contributed by atoms with Crippen molar-refractivity contribution in [3.05, 3.63) is 22.1 Å². The quantitative estimate of drug-likeness (QED) is 0.798. The Bertz CT molecular complexity index is 574. The molecule has 0 N–H and O–H groups in total.